The van der Waals surface area contributed by atoms with E-state index in [0.717, 1.165) is 11.1 Å². The van der Waals surface area contributed by atoms with Gasteiger partial charge in [-0.2, -0.15) is 0 Å². The Morgan fingerprint density at radius 2 is 1.70 bits per heavy atom. The zero-order chi connectivity index (χ0) is 14.4. The van der Waals surface area contributed by atoms with Gasteiger partial charge in [0.25, 0.3) is 5.91 Å². The molecule has 0 radical (unpaired) electrons. The van der Waals surface area contributed by atoms with Crippen LogP contribution in [0.25, 0.3) is 0 Å². The highest BCUT2D eigenvalue weighted by Gasteiger charge is 2.15. The van der Waals surface area contributed by atoms with E-state index in [0.29, 0.717) is 24.5 Å². The Kier molecular flexibility index (Phi) is 5.19. The smallest absolute Gasteiger partial charge is 0.254 e. The molecule has 20 heavy (non-hydrogen) atoms. The molecule has 0 N–H and O–H groups in total. The predicted octanol–water partition coefficient (Wildman–Crippen LogP) is 3.88. The third-order valence-corrected chi connectivity index (χ3v) is 3.33. The van der Waals surface area contributed by atoms with Gasteiger partial charge < -0.3 is 4.90 Å². The second-order valence-electron chi connectivity index (χ2n) is 4.77. The Morgan fingerprint density at radius 1 is 1.05 bits per heavy atom. The van der Waals surface area contributed by atoms with Crippen LogP contribution in [-0.4, -0.2) is 23.2 Å². The van der Waals surface area contributed by atoms with Gasteiger partial charge in [0.15, 0.2) is 0 Å². The molecule has 1 amide bonds. The maximum atomic E-state index is 12.5. The SMILES string of the molecule is Cc1ccc(C(=O)N(CCCl)Cc2ccccc2)cc1. The molecule has 0 aliphatic rings. The van der Waals surface area contributed by atoms with Crippen molar-refractivity contribution in [3.05, 3.63) is 71.3 Å². The lowest BCUT2D eigenvalue weighted by Crippen LogP contribution is -2.32. The van der Waals surface area contributed by atoms with Crippen LogP contribution in [0.3, 0.4) is 0 Å². The van der Waals surface area contributed by atoms with Gasteiger partial charge in [-0.1, -0.05) is 48.0 Å². The molecule has 0 aliphatic heterocycles. The number of hydrogen-bond donors (Lipinski definition) is 0. The summed E-state index contributed by atoms with van der Waals surface area (Å²) in [6, 6.07) is 17.6. The van der Waals surface area contributed by atoms with Gasteiger partial charge in [0, 0.05) is 24.5 Å². The van der Waals surface area contributed by atoms with E-state index < -0.39 is 0 Å². The Morgan fingerprint density at radius 3 is 2.30 bits per heavy atom. The molecule has 0 heterocycles. The van der Waals surface area contributed by atoms with E-state index in [1.807, 2.05) is 61.5 Å². The van der Waals surface area contributed by atoms with Crippen molar-refractivity contribution >= 4 is 17.5 Å². The summed E-state index contributed by atoms with van der Waals surface area (Å²) in [5.74, 6) is 0.458. The molecule has 0 spiro atoms. The first-order valence-corrected chi connectivity index (χ1v) is 7.20. The lowest BCUT2D eigenvalue weighted by molar-refractivity contribution is 0.0754. The molecule has 3 heteroatoms. The normalized spacial score (nSPS) is 10.3. The van der Waals surface area contributed by atoms with Crippen LogP contribution in [0.15, 0.2) is 54.6 Å². The highest BCUT2D eigenvalue weighted by atomic mass is 35.5. The van der Waals surface area contributed by atoms with E-state index in [1.54, 1.807) is 4.90 Å². The van der Waals surface area contributed by atoms with Crippen molar-refractivity contribution in [2.24, 2.45) is 0 Å². The second kappa shape index (κ2) is 7.11. The molecule has 0 saturated heterocycles. The first-order valence-electron chi connectivity index (χ1n) is 6.66. The molecule has 0 bridgehead atoms. The van der Waals surface area contributed by atoms with Crippen molar-refractivity contribution < 1.29 is 4.79 Å². The number of rotatable bonds is 5. The molecule has 2 aromatic carbocycles. The largest absolute Gasteiger partial charge is 0.333 e. The van der Waals surface area contributed by atoms with Gasteiger partial charge in [0.05, 0.1) is 0 Å². The predicted molar refractivity (Wildman–Crippen MR) is 83.1 cm³/mol. The summed E-state index contributed by atoms with van der Waals surface area (Å²) >= 11 is 5.83. The fourth-order valence-electron chi connectivity index (χ4n) is 2.04. The number of halogens is 1. The summed E-state index contributed by atoms with van der Waals surface area (Å²) < 4.78 is 0. The minimum absolute atomic E-state index is 0.0227. The van der Waals surface area contributed by atoms with Crippen molar-refractivity contribution in [3.63, 3.8) is 0 Å². The number of aryl methyl sites for hydroxylation is 1. The Labute approximate surface area is 125 Å². The van der Waals surface area contributed by atoms with Gasteiger partial charge in [0.2, 0.25) is 0 Å². The van der Waals surface area contributed by atoms with Crippen LogP contribution in [0.5, 0.6) is 0 Å². The molecule has 2 nitrogen and oxygen atoms in total. The molecule has 0 saturated carbocycles. The van der Waals surface area contributed by atoms with Crippen molar-refractivity contribution in [1.29, 1.82) is 0 Å². The van der Waals surface area contributed by atoms with Gasteiger partial charge in [-0.25, -0.2) is 0 Å². The Bertz CT molecular complexity index is 551. The summed E-state index contributed by atoms with van der Waals surface area (Å²) in [6.45, 7) is 3.14. The summed E-state index contributed by atoms with van der Waals surface area (Å²) in [4.78, 5) is 14.3. The van der Waals surface area contributed by atoms with Crippen molar-refractivity contribution in [2.45, 2.75) is 13.5 Å². The number of nitrogens with zero attached hydrogens (tertiary/aromatic N) is 1. The molecule has 0 aromatic heterocycles. The van der Waals surface area contributed by atoms with Crippen LogP contribution in [0.1, 0.15) is 21.5 Å². The van der Waals surface area contributed by atoms with Gasteiger partial charge in [-0.15, -0.1) is 11.6 Å². The number of hydrogen-bond acceptors (Lipinski definition) is 1. The molecule has 2 rings (SSSR count). The van der Waals surface area contributed by atoms with Crippen molar-refractivity contribution in [1.82, 2.24) is 4.90 Å². The van der Waals surface area contributed by atoms with Crippen LogP contribution in [0, 0.1) is 6.92 Å². The average Bonchev–Trinajstić information content (AvgIpc) is 2.48. The number of carbonyl (C=O) groups is 1. The zero-order valence-corrected chi connectivity index (χ0v) is 12.3. The van der Waals surface area contributed by atoms with Gasteiger partial charge in [0.1, 0.15) is 0 Å². The van der Waals surface area contributed by atoms with E-state index in [1.165, 1.54) is 0 Å². The molecule has 0 atom stereocenters. The summed E-state index contributed by atoms with van der Waals surface area (Å²) in [5, 5.41) is 0. The zero-order valence-electron chi connectivity index (χ0n) is 11.6. The average molecular weight is 288 g/mol. The van der Waals surface area contributed by atoms with E-state index in [4.69, 9.17) is 11.6 Å². The fraction of sp³-hybridized carbons (Fsp3) is 0.235. The first kappa shape index (κ1) is 14.6. The van der Waals surface area contributed by atoms with Crippen LogP contribution in [-0.2, 0) is 6.54 Å². The highest BCUT2D eigenvalue weighted by Crippen LogP contribution is 2.11. The maximum Gasteiger partial charge on any atom is 0.254 e. The number of carbonyl (C=O) groups excluding carboxylic acids is 1. The van der Waals surface area contributed by atoms with E-state index in [2.05, 4.69) is 0 Å². The number of alkyl halides is 1. The Hall–Kier alpha value is -1.80. The molecular weight excluding hydrogens is 270 g/mol. The molecular formula is C17H18ClNO. The standard InChI is InChI=1S/C17H18ClNO/c1-14-7-9-16(10-8-14)17(20)19(12-11-18)13-15-5-3-2-4-6-15/h2-10H,11-13H2,1H3. The minimum atomic E-state index is 0.0227. The fourth-order valence-corrected chi connectivity index (χ4v) is 2.24. The first-order chi connectivity index (χ1) is 9.70. The van der Waals surface area contributed by atoms with Crippen LogP contribution < -0.4 is 0 Å². The number of amides is 1. The summed E-state index contributed by atoms with van der Waals surface area (Å²) in [6.07, 6.45) is 0. The van der Waals surface area contributed by atoms with Gasteiger partial charge in [-0.05, 0) is 24.6 Å². The van der Waals surface area contributed by atoms with Crippen LogP contribution in [0.2, 0.25) is 0 Å². The quantitative estimate of drug-likeness (QED) is 0.764. The van der Waals surface area contributed by atoms with E-state index >= 15 is 0 Å². The van der Waals surface area contributed by atoms with Gasteiger partial charge in [-0.3, -0.25) is 4.79 Å². The topological polar surface area (TPSA) is 20.3 Å². The highest BCUT2D eigenvalue weighted by molar-refractivity contribution is 6.18. The number of benzene rings is 2. The Balaban J connectivity index is 2.15. The second-order valence-corrected chi connectivity index (χ2v) is 5.15. The van der Waals surface area contributed by atoms with Crippen LogP contribution >= 0.6 is 11.6 Å². The molecule has 0 unspecified atom stereocenters. The van der Waals surface area contributed by atoms with E-state index in [-0.39, 0.29) is 5.91 Å². The maximum absolute atomic E-state index is 12.5. The summed E-state index contributed by atoms with van der Waals surface area (Å²) in [7, 11) is 0. The third-order valence-electron chi connectivity index (χ3n) is 3.16. The van der Waals surface area contributed by atoms with Crippen LogP contribution in [0.4, 0.5) is 0 Å². The van der Waals surface area contributed by atoms with Crippen molar-refractivity contribution in [3.8, 4) is 0 Å². The lowest BCUT2D eigenvalue weighted by atomic mass is 10.1. The monoisotopic (exact) mass is 287 g/mol. The minimum Gasteiger partial charge on any atom is -0.333 e. The van der Waals surface area contributed by atoms with E-state index in [9.17, 15) is 4.79 Å². The van der Waals surface area contributed by atoms with Crippen molar-refractivity contribution in [2.75, 3.05) is 12.4 Å². The van der Waals surface area contributed by atoms with Gasteiger partial charge >= 0.3 is 0 Å². The molecule has 0 aliphatic carbocycles. The third kappa shape index (κ3) is 3.84. The summed E-state index contributed by atoms with van der Waals surface area (Å²) in [5.41, 5.74) is 2.96. The molecule has 104 valence electrons. The lowest BCUT2D eigenvalue weighted by Gasteiger charge is -2.22. The molecule has 2 aromatic rings. The molecule has 0 fully saturated rings.